The smallest absolute Gasteiger partial charge is 0.121 e. The van der Waals surface area contributed by atoms with E-state index in [0.29, 0.717) is 11.1 Å². The number of aliphatic imine (C=N–C) groups is 1. The minimum absolute atomic E-state index is 0.350. The molecule has 98 valence electrons. The Labute approximate surface area is 114 Å². The Balaban J connectivity index is 1.99. The number of ether oxygens (including phenoxy) is 1. The average molecular weight is 266 g/mol. The monoisotopic (exact) mass is 265 g/mol. The SMILES string of the molecule is CN=Cc1ccc(OC2CCC(C)CC2)cc1Cl. The molecule has 0 saturated heterocycles. The minimum Gasteiger partial charge on any atom is -0.490 e. The summed E-state index contributed by atoms with van der Waals surface area (Å²) in [6.45, 7) is 2.31. The largest absolute Gasteiger partial charge is 0.490 e. The molecule has 1 aliphatic rings. The normalized spacial score (nSPS) is 24.4. The van der Waals surface area contributed by atoms with Gasteiger partial charge in [0, 0.05) is 18.8 Å². The van der Waals surface area contributed by atoms with Gasteiger partial charge in [-0.2, -0.15) is 0 Å². The Hall–Kier alpha value is -1.02. The Morgan fingerprint density at radius 2 is 2.00 bits per heavy atom. The zero-order chi connectivity index (χ0) is 13.0. The Kier molecular flexibility index (Phi) is 4.65. The fourth-order valence-electron chi connectivity index (χ4n) is 2.36. The lowest BCUT2D eigenvalue weighted by Crippen LogP contribution is -2.23. The molecule has 0 heterocycles. The van der Waals surface area contributed by atoms with Crippen LogP contribution in [0.15, 0.2) is 23.2 Å². The molecule has 0 N–H and O–H groups in total. The third-order valence-corrected chi connectivity index (χ3v) is 3.83. The zero-order valence-corrected chi connectivity index (χ0v) is 11.8. The van der Waals surface area contributed by atoms with E-state index in [1.54, 1.807) is 13.3 Å². The zero-order valence-electron chi connectivity index (χ0n) is 11.0. The van der Waals surface area contributed by atoms with Gasteiger partial charge >= 0.3 is 0 Å². The van der Waals surface area contributed by atoms with Crippen molar-refractivity contribution < 1.29 is 4.74 Å². The average Bonchev–Trinajstić information content (AvgIpc) is 2.36. The van der Waals surface area contributed by atoms with Crippen molar-refractivity contribution in [2.45, 2.75) is 38.7 Å². The molecule has 0 unspecified atom stereocenters. The van der Waals surface area contributed by atoms with E-state index in [0.717, 1.165) is 30.1 Å². The van der Waals surface area contributed by atoms with E-state index in [9.17, 15) is 0 Å². The molecule has 1 aromatic rings. The van der Waals surface area contributed by atoms with E-state index in [-0.39, 0.29) is 0 Å². The van der Waals surface area contributed by atoms with Gasteiger partial charge in [0.1, 0.15) is 5.75 Å². The van der Waals surface area contributed by atoms with Crippen LogP contribution in [-0.4, -0.2) is 19.4 Å². The van der Waals surface area contributed by atoms with Crippen LogP contribution in [0, 0.1) is 5.92 Å². The van der Waals surface area contributed by atoms with Crippen molar-refractivity contribution in [1.29, 1.82) is 0 Å². The number of rotatable bonds is 3. The van der Waals surface area contributed by atoms with Gasteiger partial charge in [-0.05, 0) is 49.8 Å². The second kappa shape index (κ2) is 6.24. The molecule has 0 spiro atoms. The van der Waals surface area contributed by atoms with Crippen molar-refractivity contribution in [1.82, 2.24) is 0 Å². The van der Waals surface area contributed by atoms with Gasteiger partial charge in [-0.1, -0.05) is 18.5 Å². The molecule has 0 aliphatic heterocycles. The van der Waals surface area contributed by atoms with Crippen LogP contribution in [0.5, 0.6) is 5.75 Å². The van der Waals surface area contributed by atoms with Crippen LogP contribution >= 0.6 is 11.6 Å². The Bertz CT molecular complexity index is 423. The molecule has 1 saturated carbocycles. The van der Waals surface area contributed by atoms with Crippen LogP contribution in [0.1, 0.15) is 38.2 Å². The first-order valence-electron chi connectivity index (χ1n) is 6.57. The summed E-state index contributed by atoms with van der Waals surface area (Å²) in [5.41, 5.74) is 0.934. The van der Waals surface area contributed by atoms with Crippen LogP contribution in [0.2, 0.25) is 5.02 Å². The summed E-state index contributed by atoms with van der Waals surface area (Å²) in [6.07, 6.45) is 6.93. The van der Waals surface area contributed by atoms with Crippen molar-refractivity contribution in [3.8, 4) is 5.75 Å². The summed E-state index contributed by atoms with van der Waals surface area (Å²) in [5.74, 6) is 1.71. The van der Waals surface area contributed by atoms with E-state index in [4.69, 9.17) is 16.3 Å². The lowest BCUT2D eigenvalue weighted by Gasteiger charge is -2.27. The third kappa shape index (κ3) is 3.49. The van der Waals surface area contributed by atoms with Crippen LogP contribution in [0.25, 0.3) is 0 Å². The highest BCUT2D eigenvalue weighted by molar-refractivity contribution is 6.33. The van der Waals surface area contributed by atoms with Crippen molar-refractivity contribution in [2.24, 2.45) is 10.9 Å². The van der Waals surface area contributed by atoms with Gasteiger partial charge in [0.15, 0.2) is 0 Å². The van der Waals surface area contributed by atoms with Crippen LogP contribution in [0.3, 0.4) is 0 Å². The van der Waals surface area contributed by atoms with Crippen molar-refractivity contribution >= 4 is 17.8 Å². The summed E-state index contributed by atoms with van der Waals surface area (Å²) in [5, 5.41) is 0.697. The molecule has 0 aromatic heterocycles. The molecular formula is C15H20ClNO. The summed E-state index contributed by atoms with van der Waals surface area (Å²) in [4.78, 5) is 3.97. The standard InChI is InChI=1S/C15H20ClNO/c1-11-3-6-13(7-4-11)18-14-8-5-12(10-17-2)15(16)9-14/h5,8-11,13H,3-4,6-7H2,1-2H3. The van der Waals surface area contributed by atoms with E-state index in [2.05, 4.69) is 11.9 Å². The third-order valence-electron chi connectivity index (χ3n) is 3.51. The van der Waals surface area contributed by atoms with Gasteiger partial charge in [0.2, 0.25) is 0 Å². The predicted molar refractivity (Wildman–Crippen MR) is 77.0 cm³/mol. The summed E-state index contributed by atoms with van der Waals surface area (Å²) in [6, 6.07) is 5.81. The van der Waals surface area contributed by atoms with Crippen molar-refractivity contribution in [3.63, 3.8) is 0 Å². The highest BCUT2D eigenvalue weighted by Crippen LogP contribution is 2.28. The molecule has 1 aromatic carbocycles. The quantitative estimate of drug-likeness (QED) is 0.745. The molecule has 1 fully saturated rings. The predicted octanol–water partition coefficient (Wildman–Crippen LogP) is 4.35. The van der Waals surface area contributed by atoms with Crippen molar-refractivity contribution in [2.75, 3.05) is 7.05 Å². The number of benzene rings is 1. The highest BCUT2D eigenvalue weighted by Gasteiger charge is 2.19. The van der Waals surface area contributed by atoms with E-state index in [1.807, 2.05) is 18.2 Å². The van der Waals surface area contributed by atoms with Gasteiger partial charge in [-0.3, -0.25) is 4.99 Å². The topological polar surface area (TPSA) is 21.6 Å². The van der Waals surface area contributed by atoms with Gasteiger partial charge in [0.25, 0.3) is 0 Å². The highest BCUT2D eigenvalue weighted by atomic mass is 35.5. The molecule has 0 bridgehead atoms. The lowest BCUT2D eigenvalue weighted by atomic mass is 9.89. The van der Waals surface area contributed by atoms with Crippen LogP contribution < -0.4 is 4.74 Å². The van der Waals surface area contributed by atoms with Gasteiger partial charge in [-0.15, -0.1) is 0 Å². The number of nitrogens with zero attached hydrogens (tertiary/aromatic N) is 1. The second-order valence-corrected chi connectivity index (χ2v) is 5.48. The number of hydrogen-bond donors (Lipinski definition) is 0. The fraction of sp³-hybridized carbons (Fsp3) is 0.533. The molecule has 3 heteroatoms. The molecular weight excluding hydrogens is 246 g/mol. The molecule has 2 nitrogen and oxygen atoms in total. The summed E-state index contributed by atoms with van der Waals surface area (Å²) in [7, 11) is 1.74. The maximum absolute atomic E-state index is 6.18. The van der Waals surface area contributed by atoms with Gasteiger partial charge in [-0.25, -0.2) is 0 Å². The minimum atomic E-state index is 0.350. The van der Waals surface area contributed by atoms with Gasteiger partial charge < -0.3 is 4.74 Å². The molecule has 18 heavy (non-hydrogen) atoms. The van der Waals surface area contributed by atoms with Crippen LogP contribution in [-0.2, 0) is 0 Å². The molecule has 1 aliphatic carbocycles. The Morgan fingerprint density at radius 1 is 1.28 bits per heavy atom. The van der Waals surface area contributed by atoms with Gasteiger partial charge in [0.05, 0.1) is 11.1 Å². The summed E-state index contributed by atoms with van der Waals surface area (Å²) < 4.78 is 5.99. The number of hydrogen-bond acceptors (Lipinski definition) is 2. The molecule has 0 radical (unpaired) electrons. The fourth-order valence-corrected chi connectivity index (χ4v) is 2.58. The van der Waals surface area contributed by atoms with E-state index >= 15 is 0 Å². The first-order chi connectivity index (χ1) is 8.69. The molecule has 0 atom stereocenters. The summed E-state index contributed by atoms with van der Waals surface area (Å²) >= 11 is 6.18. The van der Waals surface area contributed by atoms with E-state index < -0.39 is 0 Å². The first-order valence-corrected chi connectivity index (χ1v) is 6.95. The number of halogens is 1. The maximum Gasteiger partial charge on any atom is 0.121 e. The lowest BCUT2D eigenvalue weighted by molar-refractivity contribution is 0.135. The second-order valence-electron chi connectivity index (χ2n) is 5.07. The molecule has 2 rings (SSSR count). The van der Waals surface area contributed by atoms with Crippen LogP contribution in [0.4, 0.5) is 0 Å². The maximum atomic E-state index is 6.18. The first kappa shape index (κ1) is 13.4. The Morgan fingerprint density at radius 3 is 2.61 bits per heavy atom. The van der Waals surface area contributed by atoms with Crippen molar-refractivity contribution in [3.05, 3.63) is 28.8 Å². The van der Waals surface area contributed by atoms with E-state index in [1.165, 1.54) is 12.8 Å². The molecule has 0 amide bonds.